The Bertz CT molecular complexity index is 1210. The number of nitrogens with one attached hydrogen (secondary N) is 1. The van der Waals surface area contributed by atoms with Crippen molar-refractivity contribution in [1.82, 2.24) is 4.57 Å². The highest BCUT2D eigenvalue weighted by atomic mass is 16.4. The van der Waals surface area contributed by atoms with E-state index < -0.39 is 40.6 Å². The molecule has 10 nitrogen and oxygen atoms in total. The van der Waals surface area contributed by atoms with Crippen LogP contribution in [0.4, 0.5) is 5.69 Å². The van der Waals surface area contributed by atoms with Crippen molar-refractivity contribution < 1.29 is 34.8 Å². The predicted octanol–water partition coefficient (Wildman–Crippen LogP) is 1.90. The number of aromatic carboxylic acids is 2. The average molecular weight is 410 g/mol. The van der Waals surface area contributed by atoms with Gasteiger partial charge in [0.15, 0.2) is 0 Å². The van der Waals surface area contributed by atoms with E-state index in [-0.39, 0.29) is 22.5 Å². The Morgan fingerprint density at radius 3 is 1.80 bits per heavy atom. The van der Waals surface area contributed by atoms with Gasteiger partial charge in [-0.3, -0.25) is 9.59 Å². The van der Waals surface area contributed by atoms with Crippen LogP contribution in [0.2, 0.25) is 0 Å². The molecule has 0 saturated carbocycles. The Morgan fingerprint density at radius 1 is 0.800 bits per heavy atom. The van der Waals surface area contributed by atoms with Crippen molar-refractivity contribution in [3.63, 3.8) is 0 Å². The molecule has 3 rings (SSSR count). The van der Waals surface area contributed by atoms with Crippen LogP contribution >= 0.6 is 0 Å². The first-order valence-electron chi connectivity index (χ1n) is 8.35. The highest BCUT2D eigenvalue weighted by Gasteiger charge is 2.22. The summed E-state index contributed by atoms with van der Waals surface area (Å²) in [5, 5.41) is 40.8. The normalized spacial score (nSPS) is 10.4. The second-order valence-electron chi connectivity index (χ2n) is 6.09. The van der Waals surface area contributed by atoms with Gasteiger partial charge in [-0.2, -0.15) is 0 Å². The smallest absolute Gasteiger partial charge is 0.335 e. The standard InChI is InChI=1S/C20H14N2O8/c23-14-9-15(24)22(13-7-3-11(4-8-13)20(29)30)18(26)16(14)17(25)21-12-5-1-10(2-6-12)19(27)28/h1-9,23,26H,(H,21,25)(H,27,28)(H,29,30). The number of anilines is 1. The van der Waals surface area contributed by atoms with Gasteiger partial charge in [0.1, 0.15) is 11.3 Å². The fourth-order valence-corrected chi connectivity index (χ4v) is 2.69. The van der Waals surface area contributed by atoms with E-state index in [1.165, 1.54) is 48.5 Å². The molecule has 0 spiro atoms. The minimum Gasteiger partial charge on any atom is -0.507 e. The van der Waals surface area contributed by atoms with Crippen molar-refractivity contribution in [2.45, 2.75) is 0 Å². The molecule has 10 heteroatoms. The molecule has 0 aliphatic carbocycles. The van der Waals surface area contributed by atoms with E-state index in [9.17, 15) is 29.4 Å². The van der Waals surface area contributed by atoms with E-state index in [1.54, 1.807) is 0 Å². The van der Waals surface area contributed by atoms with Crippen molar-refractivity contribution in [2.75, 3.05) is 5.32 Å². The summed E-state index contributed by atoms with van der Waals surface area (Å²) >= 11 is 0. The van der Waals surface area contributed by atoms with Gasteiger partial charge in [-0.25, -0.2) is 14.2 Å². The molecule has 152 valence electrons. The van der Waals surface area contributed by atoms with Crippen molar-refractivity contribution in [1.29, 1.82) is 0 Å². The summed E-state index contributed by atoms with van der Waals surface area (Å²) in [5.74, 6) is -4.91. The molecule has 0 bridgehead atoms. The maximum atomic E-state index is 12.6. The molecule has 1 heterocycles. The molecular weight excluding hydrogens is 396 g/mol. The van der Waals surface area contributed by atoms with Crippen LogP contribution in [0.25, 0.3) is 5.69 Å². The first-order chi connectivity index (χ1) is 14.2. The highest BCUT2D eigenvalue weighted by molar-refractivity contribution is 6.08. The molecule has 0 atom stereocenters. The third-order valence-corrected chi connectivity index (χ3v) is 4.16. The zero-order valence-corrected chi connectivity index (χ0v) is 15.1. The van der Waals surface area contributed by atoms with Gasteiger partial charge in [-0.1, -0.05) is 0 Å². The van der Waals surface area contributed by atoms with E-state index in [2.05, 4.69) is 5.32 Å². The Hall–Kier alpha value is -4.60. The van der Waals surface area contributed by atoms with Crippen LogP contribution in [-0.4, -0.2) is 42.8 Å². The largest absolute Gasteiger partial charge is 0.507 e. The first kappa shape index (κ1) is 20.1. The number of hydrogen-bond donors (Lipinski definition) is 5. The summed E-state index contributed by atoms with van der Waals surface area (Å²) in [7, 11) is 0. The van der Waals surface area contributed by atoms with Gasteiger partial charge in [0.25, 0.3) is 11.5 Å². The topological polar surface area (TPSA) is 166 Å². The Balaban J connectivity index is 1.99. The molecule has 0 radical (unpaired) electrons. The second kappa shape index (κ2) is 7.80. The van der Waals surface area contributed by atoms with Gasteiger partial charge in [0.05, 0.1) is 16.8 Å². The monoisotopic (exact) mass is 410 g/mol. The fourth-order valence-electron chi connectivity index (χ4n) is 2.69. The van der Waals surface area contributed by atoms with E-state index in [4.69, 9.17) is 10.2 Å². The minimum atomic E-state index is -1.18. The molecular formula is C20H14N2O8. The van der Waals surface area contributed by atoms with Crippen molar-refractivity contribution in [3.8, 4) is 17.3 Å². The van der Waals surface area contributed by atoms with Crippen molar-refractivity contribution >= 4 is 23.5 Å². The van der Waals surface area contributed by atoms with Crippen molar-refractivity contribution in [2.24, 2.45) is 0 Å². The predicted molar refractivity (Wildman–Crippen MR) is 104 cm³/mol. The first-order valence-corrected chi connectivity index (χ1v) is 8.35. The number of carboxylic acid groups (broad SMARTS) is 2. The number of hydrogen-bond acceptors (Lipinski definition) is 6. The maximum absolute atomic E-state index is 12.6. The third-order valence-electron chi connectivity index (χ3n) is 4.16. The molecule has 0 aliphatic rings. The maximum Gasteiger partial charge on any atom is 0.335 e. The molecule has 0 unspecified atom stereocenters. The molecule has 5 N–H and O–H groups in total. The van der Waals surface area contributed by atoms with Crippen LogP contribution in [0.1, 0.15) is 31.1 Å². The van der Waals surface area contributed by atoms with E-state index in [1.807, 2.05) is 0 Å². The van der Waals surface area contributed by atoms with E-state index >= 15 is 0 Å². The molecule has 3 aromatic rings. The Labute approximate surface area is 167 Å². The zero-order chi connectivity index (χ0) is 22.0. The van der Waals surface area contributed by atoms with Crippen LogP contribution in [0.15, 0.2) is 59.4 Å². The summed E-state index contributed by atoms with van der Waals surface area (Å²) in [6.07, 6.45) is 0. The van der Waals surface area contributed by atoms with Crippen LogP contribution in [0, 0.1) is 0 Å². The summed E-state index contributed by atoms with van der Waals surface area (Å²) in [6.45, 7) is 0. The van der Waals surface area contributed by atoms with Crippen LogP contribution < -0.4 is 10.9 Å². The molecule has 0 fully saturated rings. The lowest BCUT2D eigenvalue weighted by atomic mass is 10.1. The number of nitrogens with zero attached hydrogens (tertiary/aromatic N) is 1. The summed E-state index contributed by atoms with van der Waals surface area (Å²) < 4.78 is 0.730. The molecule has 1 aromatic heterocycles. The minimum absolute atomic E-state index is 0.00273. The number of rotatable bonds is 5. The molecule has 30 heavy (non-hydrogen) atoms. The number of carboxylic acids is 2. The quantitative estimate of drug-likeness (QED) is 0.425. The lowest BCUT2D eigenvalue weighted by Crippen LogP contribution is -2.22. The van der Waals surface area contributed by atoms with Crippen molar-refractivity contribution in [3.05, 3.63) is 81.6 Å². The molecule has 1 amide bonds. The van der Waals surface area contributed by atoms with Gasteiger partial charge >= 0.3 is 11.9 Å². The SMILES string of the molecule is O=C(O)c1ccc(NC(=O)c2c(O)cc(=O)n(-c3ccc(C(=O)O)cc3)c2O)cc1. The van der Waals surface area contributed by atoms with Crippen LogP contribution in [0.3, 0.4) is 0 Å². The van der Waals surface area contributed by atoms with Gasteiger partial charge in [-0.05, 0) is 48.5 Å². The second-order valence-corrected chi connectivity index (χ2v) is 6.09. The van der Waals surface area contributed by atoms with E-state index in [0.717, 1.165) is 10.6 Å². The molecule has 2 aromatic carbocycles. The van der Waals surface area contributed by atoms with E-state index in [0.29, 0.717) is 0 Å². The van der Waals surface area contributed by atoms with Crippen LogP contribution in [-0.2, 0) is 0 Å². The number of amides is 1. The van der Waals surface area contributed by atoms with Gasteiger partial charge in [0.2, 0.25) is 5.88 Å². The summed E-state index contributed by atoms with van der Waals surface area (Å²) in [5.41, 5.74) is -1.24. The third kappa shape index (κ3) is 3.83. The lowest BCUT2D eigenvalue weighted by Gasteiger charge is -2.14. The molecule has 0 saturated heterocycles. The van der Waals surface area contributed by atoms with Crippen LogP contribution in [0.5, 0.6) is 11.6 Å². The zero-order valence-electron chi connectivity index (χ0n) is 15.1. The molecule has 0 aliphatic heterocycles. The number of benzene rings is 2. The summed E-state index contributed by atoms with van der Waals surface area (Å²) in [6, 6.07) is 10.8. The number of carbonyl (C=O) groups excluding carboxylic acids is 1. The average Bonchev–Trinajstić information content (AvgIpc) is 2.68. The fraction of sp³-hybridized carbons (Fsp3) is 0. The lowest BCUT2D eigenvalue weighted by molar-refractivity contribution is 0.0686. The van der Waals surface area contributed by atoms with Gasteiger partial charge in [-0.15, -0.1) is 0 Å². The highest BCUT2D eigenvalue weighted by Crippen LogP contribution is 2.28. The van der Waals surface area contributed by atoms with Gasteiger partial charge < -0.3 is 25.7 Å². The Morgan fingerprint density at radius 2 is 1.30 bits per heavy atom. The summed E-state index contributed by atoms with van der Waals surface area (Å²) in [4.78, 5) is 46.7. The number of pyridine rings is 1. The van der Waals surface area contributed by atoms with Gasteiger partial charge in [0, 0.05) is 11.8 Å². The number of aromatic nitrogens is 1. The number of carbonyl (C=O) groups is 3. The Kier molecular flexibility index (Phi) is 5.23. The number of aromatic hydroxyl groups is 2.